The molecule has 1 heterocycles. The molecule has 0 radical (unpaired) electrons. The molecule has 0 aromatic heterocycles. The zero-order chi connectivity index (χ0) is 23.7. The summed E-state index contributed by atoms with van der Waals surface area (Å²) in [5.74, 6) is -0.465. The summed E-state index contributed by atoms with van der Waals surface area (Å²) in [6, 6.07) is 0. The van der Waals surface area contributed by atoms with Gasteiger partial charge in [0.1, 0.15) is 6.10 Å². The summed E-state index contributed by atoms with van der Waals surface area (Å²) in [4.78, 5) is 26.0. The number of amides is 1. The first kappa shape index (κ1) is 26.9. The second-order valence-electron chi connectivity index (χ2n) is 11.4. The van der Waals surface area contributed by atoms with Crippen molar-refractivity contribution in [2.45, 2.75) is 105 Å². The quantitative estimate of drug-likeness (QED) is 0.462. The molecule has 2 N–H and O–H groups in total. The third kappa shape index (κ3) is 5.98. The van der Waals surface area contributed by atoms with E-state index in [2.05, 4.69) is 33.9 Å². The lowest BCUT2D eigenvalue weighted by Crippen LogP contribution is -2.58. The van der Waals surface area contributed by atoms with Gasteiger partial charge in [-0.3, -0.25) is 4.79 Å². The van der Waals surface area contributed by atoms with Crippen molar-refractivity contribution in [1.82, 2.24) is 4.90 Å². The van der Waals surface area contributed by atoms with Gasteiger partial charge in [0.25, 0.3) is 0 Å². The van der Waals surface area contributed by atoms with Gasteiger partial charge in [0.15, 0.2) is 8.32 Å². The first-order chi connectivity index (χ1) is 13.3. The second kappa shape index (κ2) is 9.16. The summed E-state index contributed by atoms with van der Waals surface area (Å²) in [6.07, 6.45) is -2.59. The zero-order valence-electron chi connectivity index (χ0n) is 20.5. The number of carboxylic acid groups (broad SMARTS) is 1. The lowest BCUT2D eigenvalue weighted by Gasteiger charge is -2.47. The highest BCUT2D eigenvalue weighted by molar-refractivity contribution is 6.74. The summed E-state index contributed by atoms with van der Waals surface area (Å²) in [6.45, 7) is 20.6. The smallest absolute Gasteiger partial charge is 0.407 e. The molecule has 0 aromatic rings. The van der Waals surface area contributed by atoms with E-state index in [9.17, 15) is 19.8 Å². The van der Waals surface area contributed by atoms with Crippen molar-refractivity contribution in [2.75, 3.05) is 13.1 Å². The molecule has 30 heavy (non-hydrogen) atoms. The van der Waals surface area contributed by atoms with Gasteiger partial charge in [-0.05, 0) is 50.2 Å². The first-order valence-electron chi connectivity index (χ1n) is 10.9. The van der Waals surface area contributed by atoms with E-state index >= 15 is 0 Å². The van der Waals surface area contributed by atoms with Crippen LogP contribution >= 0.6 is 0 Å². The normalized spacial score (nSPS) is 21.0. The largest absolute Gasteiger partial charge is 0.465 e. The van der Waals surface area contributed by atoms with E-state index in [1.165, 1.54) is 4.90 Å². The number of likely N-dealkylation sites (tertiary alicyclic amines) is 1. The number of piperidine rings is 1. The molecule has 0 saturated carbocycles. The fraction of sp³-hybridized carbons (Fsp3) is 0.909. The Morgan fingerprint density at radius 2 is 1.50 bits per heavy atom. The molecule has 1 aliphatic heterocycles. The molecule has 7 nitrogen and oxygen atoms in total. The van der Waals surface area contributed by atoms with Crippen molar-refractivity contribution < 1.29 is 29.0 Å². The average Bonchev–Trinajstić information content (AvgIpc) is 2.58. The lowest BCUT2D eigenvalue weighted by atomic mass is 9.72. The molecule has 8 heteroatoms. The number of carbonyl (C=O) groups excluding carboxylic acids is 1. The van der Waals surface area contributed by atoms with Gasteiger partial charge in [-0.25, -0.2) is 4.79 Å². The van der Waals surface area contributed by atoms with Crippen molar-refractivity contribution >= 4 is 20.4 Å². The molecule has 0 bridgehead atoms. The van der Waals surface area contributed by atoms with Crippen LogP contribution in [0.3, 0.4) is 0 Å². The highest BCUT2D eigenvalue weighted by Crippen LogP contribution is 2.43. The Bertz CT molecular complexity index is 614. The molecule has 176 valence electrons. The standard InChI is InChI=1S/C22H43NO6Si/c1-15(29-30(9,10)21(6,7)8)17(24)22(11-13-23(14-12-22)19(26)27)18(25)28-16(2)20(3,4)5/h15-17,24H,11-14H2,1-10H3,(H,26,27)/t15-,16?,17?/m0/s1. The molecule has 1 aliphatic rings. The number of aliphatic hydroxyl groups excluding tert-OH is 1. The van der Waals surface area contributed by atoms with Crippen LogP contribution in [-0.4, -0.2) is 66.9 Å². The van der Waals surface area contributed by atoms with Crippen LogP contribution in [0.4, 0.5) is 4.79 Å². The zero-order valence-corrected chi connectivity index (χ0v) is 21.5. The Kier molecular flexibility index (Phi) is 8.22. The number of nitrogens with zero attached hydrogens (tertiary/aromatic N) is 1. The molecule has 3 atom stereocenters. The van der Waals surface area contributed by atoms with E-state index in [4.69, 9.17) is 9.16 Å². The van der Waals surface area contributed by atoms with E-state index in [0.29, 0.717) is 0 Å². The lowest BCUT2D eigenvalue weighted by molar-refractivity contribution is -0.183. The van der Waals surface area contributed by atoms with Gasteiger partial charge in [-0.2, -0.15) is 0 Å². The fourth-order valence-corrected chi connectivity index (χ4v) is 4.74. The van der Waals surface area contributed by atoms with Gasteiger partial charge >= 0.3 is 12.1 Å². The van der Waals surface area contributed by atoms with Crippen LogP contribution in [0.2, 0.25) is 18.1 Å². The summed E-state index contributed by atoms with van der Waals surface area (Å²) >= 11 is 0. The number of carbonyl (C=O) groups is 2. The van der Waals surface area contributed by atoms with E-state index in [-0.39, 0.29) is 42.5 Å². The van der Waals surface area contributed by atoms with E-state index in [0.717, 1.165) is 0 Å². The maximum absolute atomic E-state index is 13.4. The average molecular weight is 446 g/mol. The van der Waals surface area contributed by atoms with Gasteiger partial charge in [0.2, 0.25) is 0 Å². The predicted molar refractivity (Wildman–Crippen MR) is 120 cm³/mol. The topological polar surface area (TPSA) is 96.3 Å². The molecule has 0 aliphatic carbocycles. The van der Waals surface area contributed by atoms with Crippen LogP contribution < -0.4 is 0 Å². The minimum absolute atomic E-state index is 0.0396. The molecule has 1 amide bonds. The minimum Gasteiger partial charge on any atom is -0.465 e. The maximum atomic E-state index is 13.4. The summed E-state index contributed by atoms with van der Waals surface area (Å²) < 4.78 is 12.2. The van der Waals surface area contributed by atoms with Crippen LogP contribution in [0.25, 0.3) is 0 Å². The van der Waals surface area contributed by atoms with Crippen molar-refractivity contribution in [2.24, 2.45) is 10.8 Å². The van der Waals surface area contributed by atoms with Crippen LogP contribution in [0.5, 0.6) is 0 Å². The Labute approximate surface area is 183 Å². The van der Waals surface area contributed by atoms with Crippen molar-refractivity contribution in [3.8, 4) is 0 Å². The number of ether oxygens (including phenoxy) is 1. The molecular formula is C22H43NO6Si. The van der Waals surface area contributed by atoms with Crippen LogP contribution in [0, 0.1) is 10.8 Å². The third-order valence-electron chi connectivity index (χ3n) is 7.13. The molecule has 1 saturated heterocycles. The number of rotatable bonds is 6. The number of esters is 1. The monoisotopic (exact) mass is 445 g/mol. The van der Waals surface area contributed by atoms with E-state index in [1.54, 1.807) is 6.92 Å². The Balaban J connectivity index is 3.17. The van der Waals surface area contributed by atoms with Gasteiger partial charge in [0, 0.05) is 13.1 Å². The highest BCUT2D eigenvalue weighted by atomic mass is 28.4. The molecule has 0 aromatic carbocycles. The molecular weight excluding hydrogens is 402 g/mol. The van der Waals surface area contributed by atoms with Crippen LogP contribution in [-0.2, 0) is 14.0 Å². The highest BCUT2D eigenvalue weighted by Gasteiger charge is 2.53. The maximum Gasteiger partial charge on any atom is 0.407 e. The molecule has 1 rings (SSSR count). The molecule has 0 spiro atoms. The van der Waals surface area contributed by atoms with Crippen molar-refractivity contribution in [3.63, 3.8) is 0 Å². The first-order valence-corrected chi connectivity index (χ1v) is 13.8. The predicted octanol–water partition coefficient (Wildman–Crippen LogP) is 4.50. The van der Waals surface area contributed by atoms with Gasteiger partial charge in [0.05, 0.1) is 17.6 Å². The second-order valence-corrected chi connectivity index (χ2v) is 16.1. The fourth-order valence-electron chi connectivity index (χ4n) is 3.33. The van der Waals surface area contributed by atoms with Gasteiger partial charge in [-0.15, -0.1) is 0 Å². The van der Waals surface area contributed by atoms with E-state index in [1.807, 2.05) is 27.7 Å². The molecule has 2 unspecified atom stereocenters. The summed E-state index contributed by atoms with van der Waals surface area (Å²) in [5, 5.41) is 20.6. The minimum atomic E-state index is -2.17. The summed E-state index contributed by atoms with van der Waals surface area (Å²) in [7, 11) is -2.17. The summed E-state index contributed by atoms with van der Waals surface area (Å²) in [5.41, 5.74) is -1.43. The third-order valence-corrected chi connectivity index (χ3v) is 11.7. The Morgan fingerprint density at radius 1 is 1.03 bits per heavy atom. The van der Waals surface area contributed by atoms with Crippen LogP contribution in [0.1, 0.15) is 68.2 Å². The number of hydrogen-bond acceptors (Lipinski definition) is 5. The number of aliphatic hydroxyl groups is 1. The SMILES string of the molecule is CC(OC(=O)C1(C(O)[C@H](C)O[Si](C)(C)C(C)(C)C)CCN(C(=O)O)CC1)C(C)(C)C. The van der Waals surface area contributed by atoms with E-state index < -0.39 is 38.0 Å². The number of hydrogen-bond donors (Lipinski definition) is 2. The van der Waals surface area contributed by atoms with Crippen molar-refractivity contribution in [1.29, 1.82) is 0 Å². The Hall–Kier alpha value is -1.12. The molecule has 1 fully saturated rings. The van der Waals surface area contributed by atoms with Gasteiger partial charge < -0.3 is 24.3 Å². The van der Waals surface area contributed by atoms with Gasteiger partial charge in [-0.1, -0.05) is 41.5 Å². The van der Waals surface area contributed by atoms with Crippen molar-refractivity contribution in [3.05, 3.63) is 0 Å². The Morgan fingerprint density at radius 3 is 1.87 bits per heavy atom. The van der Waals surface area contributed by atoms with Crippen LogP contribution in [0.15, 0.2) is 0 Å².